The van der Waals surface area contributed by atoms with E-state index in [0.717, 1.165) is 18.4 Å². The molecule has 0 heterocycles. The Labute approximate surface area is 142 Å². The lowest BCUT2D eigenvalue weighted by atomic mass is 9.90. The molecule has 0 aromatic heterocycles. The molecule has 2 aromatic rings. The molecule has 0 radical (unpaired) electrons. The minimum absolute atomic E-state index is 0.0152. The number of benzene rings is 2. The van der Waals surface area contributed by atoms with Crippen molar-refractivity contribution in [1.82, 2.24) is 10.6 Å². The van der Waals surface area contributed by atoms with Gasteiger partial charge in [0.2, 0.25) is 5.91 Å². The number of aryl methyl sites for hydroxylation is 2. The Morgan fingerprint density at radius 1 is 0.875 bits per heavy atom. The van der Waals surface area contributed by atoms with Crippen molar-refractivity contribution in [2.45, 2.75) is 32.2 Å². The van der Waals surface area contributed by atoms with Gasteiger partial charge in [0.05, 0.1) is 6.54 Å². The van der Waals surface area contributed by atoms with Crippen molar-refractivity contribution >= 4 is 11.8 Å². The van der Waals surface area contributed by atoms with Gasteiger partial charge in [-0.05, 0) is 54.5 Å². The molecule has 0 aliphatic heterocycles. The summed E-state index contributed by atoms with van der Waals surface area (Å²) in [7, 11) is 0. The Morgan fingerprint density at radius 3 is 2.42 bits per heavy atom. The predicted octanol–water partition coefficient (Wildman–Crippen LogP) is 2.61. The average Bonchev–Trinajstić information content (AvgIpc) is 2.65. The zero-order chi connectivity index (χ0) is 16.8. The van der Waals surface area contributed by atoms with E-state index in [9.17, 15) is 9.59 Å². The lowest BCUT2D eigenvalue weighted by Crippen LogP contribution is -2.36. The lowest BCUT2D eigenvalue weighted by Gasteiger charge is -2.16. The molecule has 3 rings (SSSR count). The van der Waals surface area contributed by atoms with Crippen molar-refractivity contribution in [3.05, 3.63) is 70.8 Å². The predicted molar refractivity (Wildman–Crippen MR) is 93.7 cm³/mol. The fourth-order valence-electron chi connectivity index (χ4n) is 3.01. The van der Waals surface area contributed by atoms with Crippen molar-refractivity contribution in [3.8, 4) is 0 Å². The number of hydrogen-bond acceptors (Lipinski definition) is 2. The van der Waals surface area contributed by atoms with Crippen molar-refractivity contribution < 1.29 is 9.59 Å². The number of rotatable bonds is 5. The third-order valence-electron chi connectivity index (χ3n) is 4.35. The van der Waals surface area contributed by atoms with Gasteiger partial charge in [-0.15, -0.1) is 0 Å². The van der Waals surface area contributed by atoms with Crippen LogP contribution in [0, 0.1) is 0 Å². The highest BCUT2D eigenvalue weighted by molar-refractivity contribution is 5.96. The van der Waals surface area contributed by atoms with E-state index in [4.69, 9.17) is 0 Å². The van der Waals surface area contributed by atoms with E-state index < -0.39 is 0 Å². The Balaban J connectivity index is 1.46. The van der Waals surface area contributed by atoms with E-state index >= 15 is 0 Å². The molecule has 2 aromatic carbocycles. The molecule has 0 bridgehead atoms. The van der Waals surface area contributed by atoms with Crippen LogP contribution < -0.4 is 10.6 Å². The lowest BCUT2D eigenvalue weighted by molar-refractivity contribution is -0.120. The molecule has 4 nitrogen and oxygen atoms in total. The molecule has 0 fully saturated rings. The van der Waals surface area contributed by atoms with Crippen LogP contribution in [0.15, 0.2) is 48.5 Å². The molecule has 0 spiro atoms. The summed E-state index contributed by atoms with van der Waals surface area (Å²) in [4.78, 5) is 23.8. The molecule has 2 N–H and O–H groups in total. The molecule has 4 heteroatoms. The highest BCUT2D eigenvalue weighted by Crippen LogP contribution is 2.22. The number of amides is 2. The van der Waals surface area contributed by atoms with Gasteiger partial charge >= 0.3 is 0 Å². The first kappa shape index (κ1) is 16.2. The normalized spacial score (nSPS) is 13.0. The number of fused-ring (bicyclic) bond motifs is 1. The summed E-state index contributed by atoms with van der Waals surface area (Å²) in [5.74, 6) is -0.420. The minimum atomic E-state index is -0.237. The molecular weight excluding hydrogens is 300 g/mol. The van der Waals surface area contributed by atoms with Crippen LogP contribution in [0.1, 0.15) is 39.9 Å². The Bertz CT molecular complexity index is 726. The Kier molecular flexibility index (Phi) is 5.26. The third kappa shape index (κ3) is 4.22. The van der Waals surface area contributed by atoms with Gasteiger partial charge in [-0.2, -0.15) is 0 Å². The number of hydrogen-bond donors (Lipinski definition) is 2. The summed E-state index contributed by atoms with van der Waals surface area (Å²) in [6.07, 6.45) is 4.80. The first-order valence-corrected chi connectivity index (χ1v) is 8.43. The quantitative estimate of drug-likeness (QED) is 0.889. The smallest absolute Gasteiger partial charge is 0.251 e. The molecule has 1 aliphatic rings. The molecule has 0 saturated carbocycles. The highest BCUT2D eigenvalue weighted by atomic mass is 16.2. The SMILES string of the molecule is O=C(CNC(=O)c1ccccc1)NCc1ccc2c(c1)CCCC2. The largest absolute Gasteiger partial charge is 0.350 e. The number of carbonyl (C=O) groups is 2. The van der Waals surface area contributed by atoms with Gasteiger partial charge in [0.25, 0.3) is 5.91 Å². The molecule has 2 amide bonds. The van der Waals surface area contributed by atoms with Crippen molar-refractivity contribution in [3.63, 3.8) is 0 Å². The second kappa shape index (κ2) is 7.77. The van der Waals surface area contributed by atoms with Gasteiger partial charge in [-0.25, -0.2) is 0 Å². The standard InChI is InChI=1S/C20H22N2O2/c23-19(14-22-20(24)17-7-2-1-3-8-17)21-13-15-10-11-16-6-4-5-9-18(16)12-15/h1-3,7-8,10-12H,4-6,9,13-14H2,(H,21,23)(H,22,24). The first-order chi connectivity index (χ1) is 11.7. The van der Waals surface area contributed by atoms with E-state index in [-0.39, 0.29) is 18.4 Å². The molecule has 0 saturated heterocycles. The van der Waals surface area contributed by atoms with Crippen molar-refractivity contribution in [1.29, 1.82) is 0 Å². The van der Waals surface area contributed by atoms with Gasteiger partial charge in [-0.3, -0.25) is 9.59 Å². The summed E-state index contributed by atoms with van der Waals surface area (Å²) < 4.78 is 0. The monoisotopic (exact) mass is 322 g/mol. The first-order valence-electron chi connectivity index (χ1n) is 8.43. The summed E-state index contributed by atoms with van der Waals surface area (Å²) in [5.41, 5.74) is 4.51. The molecular formula is C20H22N2O2. The maximum Gasteiger partial charge on any atom is 0.251 e. The summed E-state index contributed by atoms with van der Waals surface area (Å²) >= 11 is 0. The van der Waals surface area contributed by atoms with Crippen molar-refractivity contribution in [2.75, 3.05) is 6.54 Å². The van der Waals surface area contributed by atoms with E-state index in [0.29, 0.717) is 12.1 Å². The van der Waals surface area contributed by atoms with Gasteiger partial charge in [0, 0.05) is 12.1 Å². The van der Waals surface area contributed by atoms with Crippen LogP contribution in [-0.2, 0) is 24.2 Å². The third-order valence-corrected chi connectivity index (χ3v) is 4.35. The molecule has 24 heavy (non-hydrogen) atoms. The summed E-state index contributed by atoms with van der Waals surface area (Å²) in [5, 5.41) is 5.49. The molecule has 0 atom stereocenters. The molecule has 1 aliphatic carbocycles. The fraction of sp³-hybridized carbons (Fsp3) is 0.300. The van der Waals surface area contributed by atoms with Crippen LogP contribution in [0.3, 0.4) is 0 Å². The van der Waals surface area contributed by atoms with Crippen LogP contribution in [0.2, 0.25) is 0 Å². The van der Waals surface area contributed by atoms with Gasteiger partial charge in [-0.1, -0.05) is 36.4 Å². The Morgan fingerprint density at radius 2 is 1.62 bits per heavy atom. The number of nitrogens with one attached hydrogen (secondary N) is 2. The second-order valence-electron chi connectivity index (χ2n) is 6.14. The van der Waals surface area contributed by atoms with E-state index in [1.807, 2.05) is 6.07 Å². The zero-order valence-corrected chi connectivity index (χ0v) is 13.7. The fourth-order valence-corrected chi connectivity index (χ4v) is 3.01. The van der Waals surface area contributed by atoms with Crippen LogP contribution >= 0.6 is 0 Å². The minimum Gasteiger partial charge on any atom is -0.350 e. The van der Waals surface area contributed by atoms with Crippen LogP contribution in [0.5, 0.6) is 0 Å². The van der Waals surface area contributed by atoms with Gasteiger partial charge < -0.3 is 10.6 Å². The maximum atomic E-state index is 11.9. The average molecular weight is 322 g/mol. The topological polar surface area (TPSA) is 58.2 Å². The zero-order valence-electron chi connectivity index (χ0n) is 13.7. The maximum absolute atomic E-state index is 11.9. The van der Waals surface area contributed by atoms with Crippen LogP contribution in [0.4, 0.5) is 0 Å². The molecule has 124 valence electrons. The number of carbonyl (C=O) groups excluding carboxylic acids is 2. The van der Waals surface area contributed by atoms with E-state index in [1.165, 1.54) is 24.0 Å². The molecule has 0 unspecified atom stereocenters. The van der Waals surface area contributed by atoms with Crippen molar-refractivity contribution in [2.24, 2.45) is 0 Å². The van der Waals surface area contributed by atoms with E-state index in [2.05, 4.69) is 28.8 Å². The van der Waals surface area contributed by atoms with Crippen LogP contribution in [0.25, 0.3) is 0 Å². The van der Waals surface area contributed by atoms with E-state index in [1.54, 1.807) is 24.3 Å². The van der Waals surface area contributed by atoms with Crippen LogP contribution in [-0.4, -0.2) is 18.4 Å². The van der Waals surface area contributed by atoms with Gasteiger partial charge in [0.15, 0.2) is 0 Å². The van der Waals surface area contributed by atoms with Gasteiger partial charge in [0.1, 0.15) is 0 Å². The Hall–Kier alpha value is -2.62. The highest BCUT2D eigenvalue weighted by Gasteiger charge is 2.10. The summed E-state index contributed by atoms with van der Waals surface area (Å²) in [6, 6.07) is 15.3. The second-order valence-corrected chi connectivity index (χ2v) is 6.14. The summed E-state index contributed by atoms with van der Waals surface area (Å²) in [6.45, 7) is 0.478.